The molecule has 2 aromatic rings. The topological polar surface area (TPSA) is 83.8 Å². The molecule has 0 aliphatic carbocycles. The normalized spacial score (nSPS) is 10.4. The van der Waals surface area contributed by atoms with E-state index in [0.717, 1.165) is 6.07 Å². The van der Waals surface area contributed by atoms with Crippen LogP contribution in [0.25, 0.3) is 0 Å². The maximum absolute atomic E-state index is 13.4. The highest BCUT2D eigenvalue weighted by Crippen LogP contribution is 2.26. The number of hydrogen-bond acceptors (Lipinski definition) is 3. The fourth-order valence-corrected chi connectivity index (χ4v) is 1.54. The summed E-state index contributed by atoms with van der Waals surface area (Å²) in [5, 5.41) is 7.85. The Morgan fingerprint density at radius 2 is 2.11 bits per heavy atom. The molecule has 0 unspecified atom stereocenters. The Bertz CT molecular complexity index is 591. The number of nitrogens with zero attached hydrogens (tertiary/aromatic N) is 1. The summed E-state index contributed by atoms with van der Waals surface area (Å²) in [5.74, 6) is -2.38. The molecule has 1 amide bonds. The molecule has 0 radical (unpaired) electrons. The fourth-order valence-electron chi connectivity index (χ4n) is 1.30. The van der Waals surface area contributed by atoms with Gasteiger partial charge in [0, 0.05) is 12.1 Å². The average molecular weight is 273 g/mol. The van der Waals surface area contributed by atoms with E-state index in [0.29, 0.717) is 6.07 Å². The van der Waals surface area contributed by atoms with E-state index in [1.165, 1.54) is 6.07 Å². The van der Waals surface area contributed by atoms with E-state index < -0.39 is 17.5 Å². The molecule has 0 bridgehead atoms. The third kappa shape index (κ3) is 2.40. The molecule has 0 spiro atoms. The summed E-state index contributed by atoms with van der Waals surface area (Å²) in [6, 6.07) is 2.77. The van der Waals surface area contributed by atoms with Gasteiger partial charge in [-0.05, 0) is 6.07 Å². The lowest BCUT2D eigenvalue weighted by Gasteiger charge is -2.07. The molecule has 18 heavy (non-hydrogen) atoms. The van der Waals surface area contributed by atoms with Crippen molar-refractivity contribution in [3.05, 3.63) is 40.6 Å². The van der Waals surface area contributed by atoms with Crippen LogP contribution in [0.1, 0.15) is 10.5 Å². The Morgan fingerprint density at radius 3 is 2.67 bits per heavy atom. The van der Waals surface area contributed by atoms with Crippen LogP contribution in [0, 0.1) is 11.6 Å². The molecular formula is C10H7ClF2N4O. The summed E-state index contributed by atoms with van der Waals surface area (Å²) >= 11 is 5.63. The van der Waals surface area contributed by atoms with Crippen molar-refractivity contribution in [1.82, 2.24) is 10.2 Å². The lowest BCUT2D eigenvalue weighted by atomic mass is 10.2. The highest BCUT2D eigenvalue weighted by atomic mass is 35.5. The van der Waals surface area contributed by atoms with Gasteiger partial charge in [-0.1, -0.05) is 11.6 Å². The number of rotatable bonds is 2. The Balaban J connectivity index is 2.27. The number of carbonyl (C=O) groups is 1. The molecule has 1 heterocycles. The van der Waals surface area contributed by atoms with Gasteiger partial charge in [0.1, 0.15) is 17.3 Å². The maximum atomic E-state index is 13.4. The van der Waals surface area contributed by atoms with Gasteiger partial charge in [-0.25, -0.2) is 8.78 Å². The Morgan fingerprint density at radius 1 is 1.39 bits per heavy atom. The Labute approximate surface area is 105 Å². The highest BCUT2D eigenvalue weighted by Gasteiger charge is 2.15. The van der Waals surface area contributed by atoms with Crippen LogP contribution in [0.15, 0.2) is 18.2 Å². The minimum absolute atomic E-state index is 0.0345. The summed E-state index contributed by atoms with van der Waals surface area (Å²) in [6.45, 7) is 0. The smallest absolute Gasteiger partial charge is 0.273 e. The number of amides is 1. The predicted octanol–water partition coefficient (Wildman–Crippen LogP) is 2.18. The van der Waals surface area contributed by atoms with Crippen LogP contribution in [0.3, 0.4) is 0 Å². The van der Waals surface area contributed by atoms with E-state index in [1.54, 1.807) is 0 Å². The van der Waals surface area contributed by atoms with E-state index in [1.807, 2.05) is 0 Å². The molecule has 94 valence electrons. The molecule has 0 aliphatic rings. The molecule has 5 nitrogen and oxygen atoms in total. The zero-order chi connectivity index (χ0) is 13.3. The van der Waals surface area contributed by atoms with Crippen molar-refractivity contribution in [2.45, 2.75) is 0 Å². The summed E-state index contributed by atoms with van der Waals surface area (Å²) in [4.78, 5) is 11.7. The molecular weight excluding hydrogens is 266 g/mol. The molecule has 8 heteroatoms. The second-order valence-corrected chi connectivity index (χ2v) is 3.81. The minimum atomic E-state index is -0.971. The van der Waals surface area contributed by atoms with Crippen LogP contribution in [-0.2, 0) is 0 Å². The summed E-state index contributed by atoms with van der Waals surface area (Å²) in [6.07, 6.45) is 0. The number of nitrogens with two attached hydrogens (primary N) is 1. The Hall–Kier alpha value is -2.15. The number of carbonyl (C=O) groups excluding carboxylic acids is 1. The van der Waals surface area contributed by atoms with Crippen LogP contribution in [0.5, 0.6) is 0 Å². The first-order valence-corrected chi connectivity index (χ1v) is 5.12. The zero-order valence-corrected chi connectivity index (χ0v) is 9.55. The van der Waals surface area contributed by atoms with Crippen molar-refractivity contribution in [3.8, 4) is 0 Å². The van der Waals surface area contributed by atoms with Gasteiger partial charge < -0.3 is 11.1 Å². The van der Waals surface area contributed by atoms with Crippen molar-refractivity contribution < 1.29 is 13.6 Å². The molecule has 2 rings (SSSR count). The predicted molar refractivity (Wildman–Crippen MR) is 62.3 cm³/mol. The van der Waals surface area contributed by atoms with Gasteiger partial charge in [0.15, 0.2) is 5.82 Å². The Kier molecular flexibility index (Phi) is 3.15. The van der Waals surface area contributed by atoms with Crippen molar-refractivity contribution in [2.24, 2.45) is 0 Å². The number of nitrogens with one attached hydrogen (secondary N) is 2. The molecule has 0 fully saturated rings. The van der Waals surface area contributed by atoms with Crippen molar-refractivity contribution in [2.75, 3.05) is 11.1 Å². The number of benzene rings is 1. The maximum Gasteiger partial charge on any atom is 0.273 e. The van der Waals surface area contributed by atoms with Gasteiger partial charge in [-0.15, -0.1) is 0 Å². The van der Waals surface area contributed by atoms with Crippen molar-refractivity contribution >= 4 is 29.0 Å². The van der Waals surface area contributed by atoms with Crippen molar-refractivity contribution in [3.63, 3.8) is 0 Å². The van der Waals surface area contributed by atoms with Crippen LogP contribution >= 0.6 is 11.6 Å². The third-order valence-corrected chi connectivity index (χ3v) is 2.39. The van der Waals surface area contributed by atoms with E-state index >= 15 is 0 Å². The van der Waals surface area contributed by atoms with E-state index in [2.05, 4.69) is 15.5 Å². The first kappa shape index (κ1) is 12.3. The molecule has 0 aliphatic heterocycles. The number of aromatic nitrogens is 2. The lowest BCUT2D eigenvalue weighted by Crippen LogP contribution is -2.14. The second kappa shape index (κ2) is 4.61. The van der Waals surface area contributed by atoms with E-state index in [4.69, 9.17) is 17.3 Å². The van der Waals surface area contributed by atoms with Crippen LogP contribution in [0.2, 0.25) is 5.02 Å². The summed E-state index contributed by atoms with van der Waals surface area (Å²) in [7, 11) is 0. The van der Waals surface area contributed by atoms with Crippen LogP contribution in [0.4, 0.5) is 20.3 Å². The number of anilines is 2. The molecule has 0 atom stereocenters. The summed E-state index contributed by atoms with van der Waals surface area (Å²) in [5.41, 5.74) is 5.04. The summed E-state index contributed by atoms with van der Waals surface area (Å²) < 4.78 is 26.2. The second-order valence-electron chi connectivity index (χ2n) is 3.41. The molecule has 1 aromatic heterocycles. The minimum Gasteiger partial charge on any atom is -0.382 e. The monoisotopic (exact) mass is 272 g/mol. The van der Waals surface area contributed by atoms with Gasteiger partial charge in [0.2, 0.25) is 0 Å². The van der Waals surface area contributed by atoms with Gasteiger partial charge in [0.05, 0.1) is 10.7 Å². The molecule has 0 saturated carbocycles. The third-order valence-electron chi connectivity index (χ3n) is 2.09. The van der Waals surface area contributed by atoms with E-state index in [9.17, 15) is 13.6 Å². The van der Waals surface area contributed by atoms with Crippen LogP contribution < -0.4 is 11.1 Å². The van der Waals surface area contributed by atoms with Crippen LogP contribution in [-0.4, -0.2) is 16.1 Å². The van der Waals surface area contributed by atoms with Gasteiger partial charge >= 0.3 is 0 Å². The van der Waals surface area contributed by atoms with Gasteiger partial charge in [-0.2, -0.15) is 5.10 Å². The quantitative estimate of drug-likeness (QED) is 0.783. The number of H-pyrrole nitrogens is 1. The number of aromatic amines is 1. The fraction of sp³-hybridized carbons (Fsp3) is 0. The molecule has 1 aromatic carbocycles. The number of nitrogen functional groups attached to an aromatic ring is 1. The zero-order valence-electron chi connectivity index (χ0n) is 8.80. The first-order valence-electron chi connectivity index (χ1n) is 4.74. The SMILES string of the molecule is Nc1cc(C(=O)Nc2c(F)cc(F)cc2Cl)[nH]n1. The number of halogens is 3. The largest absolute Gasteiger partial charge is 0.382 e. The standard InChI is InChI=1S/C10H7ClF2N4O/c11-5-1-4(12)2-6(13)9(5)15-10(18)7-3-8(14)17-16-7/h1-3H,(H,15,18)(H3,14,16,17). The van der Waals surface area contributed by atoms with Gasteiger partial charge in [-0.3, -0.25) is 9.89 Å². The number of hydrogen-bond donors (Lipinski definition) is 3. The highest BCUT2D eigenvalue weighted by molar-refractivity contribution is 6.33. The molecule has 4 N–H and O–H groups in total. The van der Waals surface area contributed by atoms with Gasteiger partial charge in [0.25, 0.3) is 5.91 Å². The average Bonchev–Trinajstić information content (AvgIpc) is 2.70. The van der Waals surface area contributed by atoms with E-state index in [-0.39, 0.29) is 22.2 Å². The lowest BCUT2D eigenvalue weighted by molar-refractivity contribution is 0.102. The molecule has 0 saturated heterocycles. The first-order chi connectivity index (χ1) is 8.47. The van der Waals surface area contributed by atoms with Crippen molar-refractivity contribution in [1.29, 1.82) is 0 Å².